The number of carbonyl (C=O) groups is 4. The van der Waals surface area contributed by atoms with Crippen LogP contribution in [0.1, 0.15) is 24.3 Å². The van der Waals surface area contributed by atoms with Crippen molar-refractivity contribution in [3.8, 4) is 17.2 Å². The molecular weight excluding hydrogens is 566 g/mol. The maximum atomic E-state index is 13.9. The van der Waals surface area contributed by atoms with Crippen LogP contribution >= 0.6 is 15.9 Å². The molecule has 6 rings (SSSR count). The number of aromatic hydroxyl groups is 1. The van der Waals surface area contributed by atoms with Gasteiger partial charge in [0.15, 0.2) is 23.1 Å². The third kappa shape index (κ3) is 3.71. The molecule has 2 aromatic rings. The van der Waals surface area contributed by atoms with E-state index in [-0.39, 0.29) is 51.5 Å². The minimum atomic E-state index is -0.690. The quantitative estimate of drug-likeness (QED) is 0.320. The Kier molecular flexibility index (Phi) is 6.06. The van der Waals surface area contributed by atoms with Gasteiger partial charge >= 0.3 is 0 Å². The van der Waals surface area contributed by atoms with Gasteiger partial charge in [-0.3, -0.25) is 24.1 Å². The summed E-state index contributed by atoms with van der Waals surface area (Å²) in [6.07, 6.45) is 3.71. The number of hydrogen-bond donors (Lipinski definition) is 1. The maximum absolute atomic E-state index is 13.9. The van der Waals surface area contributed by atoms with Crippen LogP contribution in [0.15, 0.2) is 75.8 Å². The first kappa shape index (κ1) is 25.3. The van der Waals surface area contributed by atoms with Crippen LogP contribution in [-0.2, 0) is 19.2 Å². The van der Waals surface area contributed by atoms with Gasteiger partial charge in [0.1, 0.15) is 0 Å². The zero-order chi connectivity index (χ0) is 27.6. The van der Waals surface area contributed by atoms with Gasteiger partial charge in [-0.1, -0.05) is 29.8 Å². The van der Waals surface area contributed by atoms with E-state index in [2.05, 4.69) is 15.9 Å². The molecule has 8 nitrogen and oxygen atoms in total. The molecule has 4 aliphatic rings. The highest BCUT2D eigenvalue weighted by Crippen LogP contribution is 2.56. The van der Waals surface area contributed by atoms with Crippen LogP contribution in [0.25, 0.3) is 0 Å². The lowest BCUT2D eigenvalue weighted by atomic mass is 9.59. The lowest BCUT2D eigenvalue weighted by Crippen LogP contribution is -2.39. The van der Waals surface area contributed by atoms with Gasteiger partial charge in [0, 0.05) is 23.1 Å². The van der Waals surface area contributed by atoms with Gasteiger partial charge in [0.25, 0.3) is 0 Å². The third-order valence-corrected chi connectivity index (χ3v) is 8.77. The van der Waals surface area contributed by atoms with E-state index in [0.29, 0.717) is 28.8 Å². The molecule has 4 atom stereocenters. The molecule has 9 heteroatoms. The van der Waals surface area contributed by atoms with E-state index in [1.807, 2.05) is 12.1 Å². The number of hydrogen-bond acceptors (Lipinski definition) is 7. The number of ether oxygens (including phenoxy) is 2. The highest BCUT2D eigenvalue weighted by molar-refractivity contribution is 9.12. The Bertz CT molecular complexity index is 1530. The molecule has 1 aliphatic heterocycles. The first-order valence-corrected chi connectivity index (χ1v) is 13.3. The van der Waals surface area contributed by atoms with E-state index < -0.39 is 23.7 Å². The van der Waals surface area contributed by atoms with Gasteiger partial charge in [0.05, 0.1) is 36.2 Å². The number of halogens is 1. The van der Waals surface area contributed by atoms with Crippen LogP contribution in [-0.4, -0.2) is 42.7 Å². The van der Waals surface area contributed by atoms with E-state index in [1.54, 1.807) is 36.4 Å². The number of methoxy groups -OCH3 is 2. The Morgan fingerprint density at radius 1 is 0.949 bits per heavy atom. The van der Waals surface area contributed by atoms with Crippen molar-refractivity contribution in [2.75, 3.05) is 19.1 Å². The first-order chi connectivity index (χ1) is 18.8. The molecule has 1 saturated heterocycles. The van der Waals surface area contributed by atoms with Crippen molar-refractivity contribution in [2.24, 2.45) is 17.8 Å². The van der Waals surface area contributed by atoms with Gasteiger partial charge in [-0.05, 0) is 64.5 Å². The summed E-state index contributed by atoms with van der Waals surface area (Å²) < 4.78 is 10.9. The monoisotopic (exact) mass is 589 g/mol. The second kappa shape index (κ2) is 9.34. The predicted octanol–water partition coefficient (Wildman–Crippen LogP) is 4.38. The number of amides is 2. The van der Waals surface area contributed by atoms with Crippen LogP contribution in [0, 0.1) is 17.8 Å². The van der Waals surface area contributed by atoms with Crippen molar-refractivity contribution < 1.29 is 33.8 Å². The molecule has 1 N–H and O–H groups in total. The molecule has 0 aromatic heterocycles. The van der Waals surface area contributed by atoms with Gasteiger partial charge in [-0.25, -0.2) is 0 Å². The van der Waals surface area contributed by atoms with Crippen LogP contribution in [0.3, 0.4) is 0 Å². The maximum Gasteiger partial charge on any atom is 0.238 e. The highest BCUT2D eigenvalue weighted by atomic mass is 79.9. The normalized spacial score (nSPS) is 26.1. The summed E-state index contributed by atoms with van der Waals surface area (Å²) in [7, 11) is 2.82. The smallest absolute Gasteiger partial charge is 0.238 e. The molecule has 0 spiro atoms. The van der Waals surface area contributed by atoms with E-state index in [1.165, 1.54) is 25.2 Å². The number of rotatable bonds is 4. The lowest BCUT2D eigenvalue weighted by molar-refractivity contribution is -0.123. The van der Waals surface area contributed by atoms with Crippen molar-refractivity contribution in [2.45, 2.75) is 18.8 Å². The number of ketones is 2. The first-order valence-electron chi connectivity index (χ1n) is 12.5. The van der Waals surface area contributed by atoms with Crippen molar-refractivity contribution in [3.05, 3.63) is 81.4 Å². The third-order valence-electron chi connectivity index (χ3n) is 8.18. The molecular formula is C30H24BrNO7. The number of phenolic OH excluding ortho intramolecular Hbond substituents is 1. The van der Waals surface area contributed by atoms with Crippen LogP contribution < -0.4 is 14.4 Å². The number of carbonyl (C=O) groups excluding carboxylic acids is 4. The molecule has 0 unspecified atom stereocenters. The number of nitrogens with zero attached hydrogens (tertiary/aromatic N) is 1. The number of imide groups is 1. The molecule has 0 radical (unpaired) electrons. The number of benzene rings is 2. The number of allylic oxidation sites excluding steroid dienone is 6. The number of phenols is 1. The largest absolute Gasteiger partial charge is 0.502 e. The van der Waals surface area contributed by atoms with Gasteiger partial charge in [-0.15, -0.1) is 0 Å². The van der Waals surface area contributed by atoms with Gasteiger partial charge in [0.2, 0.25) is 17.6 Å². The summed E-state index contributed by atoms with van der Waals surface area (Å²) in [5, 5.41) is 10.5. The second-order valence-corrected chi connectivity index (χ2v) is 10.9. The van der Waals surface area contributed by atoms with Crippen molar-refractivity contribution in [1.82, 2.24) is 0 Å². The lowest BCUT2D eigenvalue weighted by Gasteiger charge is -2.42. The summed E-state index contributed by atoms with van der Waals surface area (Å²) in [4.78, 5) is 55.4. The molecule has 198 valence electrons. The Balaban J connectivity index is 1.53. The molecule has 0 bridgehead atoms. The highest BCUT2D eigenvalue weighted by Gasteiger charge is 2.56. The number of Topliss-reactive ketones (excluding diaryl/α,β-unsaturated/α-hetero) is 1. The summed E-state index contributed by atoms with van der Waals surface area (Å²) in [5.74, 6) is -3.49. The minimum absolute atomic E-state index is 0.150. The molecule has 0 saturated carbocycles. The number of fused-ring (bicyclic) bond motifs is 3. The van der Waals surface area contributed by atoms with Crippen LogP contribution in [0.4, 0.5) is 5.69 Å². The molecule has 3 aliphatic carbocycles. The van der Waals surface area contributed by atoms with Crippen LogP contribution in [0.5, 0.6) is 17.2 Å². The van der Waals surface area contributed by atoms with Crippen molar-refractivity contribution in [3.63, 3.8) is 0 Å². The summed E-state index contributed by atoms with van der Waals surface area (Å²) >= 11 is 3.23. The van der Waals surface area contributed by atoms with Crippen molar-refractivity contribution in [1.29, 1.82) is 0 Å². The fourth-order valence-corrected chi connectivity index (χ4v) is 6.95. The summed E-state index contributed by atoms with van der Waals surface area (Å²) in [5.41, 5.74) is 2.54. The molecule has 2 amide bonds. The average molecular weight is 590 g/mol. The van der Waals surface area contributed by atoms with Gasteiger partial charge < -0.3 is 14.6 Å². The Morgan fingerprint density at radius 2 is 1.62 bits per heavy atom. The summed E-state index contributed by atoms with van der Waals surface area (Å²) in [6.45, 7) is 0. The minimum Gasteiger partial charge on any atom is -0.502 e. The van der Waals surface area contributed by atoms with E-state index in [0.717, 1.165) is 5.57 Å². The zero-order valence-corrected chi connectivity index (χ0v) is 22.7. The number of para-hydroxylation sites is 1. The Hall–Kier alpha value is -3.98. The molecule has 2 aromatic carbocycles. The van der Waals surface area contributed by atoms with E-state index in [9.17, 15) is 24.3 Å². The number of anilines is 1. The zero-order valence-electron chi connectivity index (χ0n) is 21.1. The SMILES string of the molecule is COc1cc([C@H]2C3=CC[C@@H]4C(=O)N(c5ccccc5)C(=O)[C@@H]4[C@@H]3CC3=C2C(=O)C=C(Br)C3=O)cc(OC)c1O. The van der Waals surface area contributed by atoms with Gasteiger partial charge in [-0.2, -0.15) is 0 Å². The standard InChI is InChI=1S/C30H24BrNO7/c1-38-22-10-14(11-23(39-2)28(22)35)24-16-8-9-17-25(30(37)32(29(17)36)15-6-4-3-5-7-15)18(16)12-19-26(24)21(33)13-20(31)27(19)34/h3-8,10-11,13,17-18,24-25,35H,9,12H2,1-2H3/t17-,18+,24-,25-/m0/s1. The molecule has 1 fully saturated rings. The Morgan fingerprint density at radius 3 is 2.26 bits per heavy atom. The summed E-state index contributed by atoms with van der Waals surface area (Å²) in [6, 6.07) is 12.1. The van der Waals surface area contributed by atoms with E-state index in [4.69, 9.17) is 9.47 Å². The predicted molar refractivity (Wildman–Crippen MR) is 145 cm³/mol. The van der Waals surface area contributed by atoms with Crippen LogP contribution in [0.2, 0.25) is 0 Å². The Labute approximate surface area is 232 Å². The fraction of sp³-hybridized carbons (Fsp3) is 0.267. The fourth-order valence-electron chi connectivity index (χ4n) is 6.50. The topological polar surface area (TPSA) is 110 Å². The molecule has 1 heterocycles. The van der Waals surface area contributed by atoms with Crippen molar-refractivity contribution >= 4 is 45.0 Å². The second-order valence-electron chi connectivity index (χ2n) is 10.0. The van der Waals surface area contributed by atoms with E-state index >= 15 is 0 Å². The average Bonchev–Trinajstić information content (AvgIpc) is 3.20. The molecule has 39 heavy (non-hydrogen) atoms.